The molecule has 0 N–H and O–H groups in total. The molecule has 0 saturated carbocycles. The third-order valence-electron chi connectivity index (χ3n) is 2.70. The standard InChI is InChI=1S/C12H13NO2/c1-14-11-2-3-12-9(4-5-13)7-15-8-10(12)6-11/h2-3,6,9H,4,7-8H2,1H3. The van der Waals surface area contributed by atoms with Gasteiger partial charge in [0.25, 0.3) is 0 Å². The third-order valence-corrected chi connectivity index (χ3v) is 2.70. The van der Waals surface area contributed by atoms with Gasteiger partial charge in [-0.1, -0.05) is 6.07 Å². The van der Waals surface area contributed by atoms with E-state index in [0.29, 0.717) is 19.6 Å². The van der Waals surface area contributed by atoms with Gasteiger partial charge in [-0.2, -0.15) is 5.26 Å². The SMILES string of the molecule is COc1ccc2c(c1)COCC2CC#N. The molecule has 1 unspecified atom stereocenters. The highest BCUT2D eigenvalue weighted by Gasteiger charge is 2.20. The fourth-order valence-electron chi connectivity index (χ4n) is 1.91. The van der Waals surface area contributed by atoms with E-state index >= 15 is 0 Å². The van der Waals surface area contributed by atoms with Gasteiger partial charge in [0.1, 0.15) is 5.75 Å². The molecule has 0 aromatic heterocycles. The van der Waals surface area contributed by atoms with Crippen LogP contribution < -0.4 is 4.74 Å². The minimum atomic E-state index is 0.213. The number of methoxy groups -OCH3 is 1. The van der Waals surface area contributed by atoms with Crippen molar-refractivity contribution in [3.05, 3.63) is 29.3 Å². The summed E-state index contributed by atoms with van der Waals surface area (Å²) in [6.45, 7) is 1.27. The zero-order valence-electron chi connectivity index (χ0n) is 8.69. The maximum absolute atomic E-state index is 8.71. The molecule has 0 fully saturated rings. The summed E-state index contributed by atoms with van der Waals surface area (Å²) in [5.74, 6) is 1.06. The second-order valence-corrected chi connectivity index (χ2v) is 3.64. The monoisotopic (exact) mass is 203 g/mol. The molecule has 1 heterocycles. The normalized spacial score (nSPS) is 19.1. The van der Waals surface area contributed by atoms with Crippen molar-refractivity contribution >= 4 is 0 Å². The molecule has 0 amide bonds. The van der Waals surface area contributed by atoms with Crippen LogP contribution in [0.2, 0.25) is 0 Å². The van der Waals surface area contributed by atoms with Crippen LogP contribution in [0.5, 0.6) is 5.75 Å². The lowest BCUT2D eigenvalue weighted by Gasteiger charge is -2.24. The highest BCUT2D eigenvalue weighted by molar-refractivity contribution is 5.38. The minimum Gasteiger partial charge on any atom is -0.497 e. The summed E-state index contributed by atoms with van der Waals surface area (Å²) >= 11 is 0. The maximum Gasteiger partial charge on any atom is 0.119 e. The summed E-state index contributed by atoms with van der Waals surface area (Å²) in [7, 11) is 1.65. The molecule has 1 aromatic rings. The van der Waals surface area contributed by atoms with Gasteiger partial charge in [0.15, 0.2) is 0 Å². The Morgan fingerprint density at radius 3 is 3.20 bits per heavy atom. The van der Waals surface area contributed by atoms with Crippen molar-refractivity contribution in [3.8, 4) is 11.8 Å². The van der Waals surface area contributed by atoms with E-state index in [4.69, 9.17) is 14.7 Å². The molecular formula is C12H13NO2. The van der Waals surface area contributed by atoms with Crippen LogP contribution in [0, 0.1) is 11.3 Å². The second-order valence-electron chi connectivity index (χ2n) is 3.64. The van der Waals surface area contributed by atoms with Crippen LogP contribution in [0.4, 0.5) is 0 Å². The largest absolute Gasteiger partial charge is 0.497 e. The Morgan fingerprint density at radius 1 is 1.60 bits per heavy atom. The molecule has 78 valence electrons. The Balaban J connectivity index is 2.33. The Labute approximate surface area is 89.2 Å². The number of hydrogen-bond acceptors (Lipinski definition) is 3. The fraction of sp³-hybridized carbons (Fsp3) is 0.417. The van der Waals surface area contributed by atoms with Gasteiger partial charge in [-0.3, -0.25) is 0 Å². The quantitative estimate of drug-likeness (QED) is 0.740. The van der Waals surface area contributed by atoms with E-state index in [-0.39, 0.29) is 5.92 Å². The maximum atomic E-state index is 8.71. The molecule has 2 rings (SSSR count). The van der Waals surface area contributed by atoms with Crippen LogP contribution in [0.1, 0.15) is 23.5 Å². The van der Waals surface area contributed by atoms with Crippen molar-refractivity contribution < 1.29 is 9.47 Å². The van der Waals surface area contributed by atoms with Gasteiger partial charge in [0, 0.05) is 12.3 Å². The van der Waals surface area contributed by atoms with Crippen LogP contribution >= 0.6 is 0 Å². The van der Waals surface area contributed by atoms with Crippen molar-refractivity contribution in [2.45, 2.75) is 18.9 Å². The van der Waals surface area contributed by atoms with Crippen molar-refractivity contribution in [3.63, 3.8) is 0 Å². The smallest absolute Gasteiger partial charge is 0.119 e. The second kappa shape index (κ2) is 4.33. The lowest BCUT2D eigenvalue weighted by atomic mass is 9.91. The van der Waals surface area contributed by atoms with Gasteiger partial charge in [-0.05, 0) is 23.3 Å². The van der Waals surface area contributed by atoms with Crippen LogP contribution in [0.15, 0.2) is 18.2 Å². The topological polar surface area (TPSA) is 42.2 Å². The Bertz CT molecular complexity index is 395. The molecule has 0 bridgehead atoms. The van der Waals surface area contributed by atoms with E-state index < -0.39 is 0 Å². The summed E-state index contributed by atoms with van der Waals surface area (Å²) in [5, 5.41) is 8.71. The van der Waals surface area contributed by atoms with Gasteiger partial charge >= 0.3 is 0 Å². The number of fused-ring (bicyclic) bond motifs is 1. The van der Waals surface area contributed by atoms with Gasteiger partial charge in [0.05, 0.1) is 26.4 Å². The predicted molar refractivity (Wildman–Crippen MR) is 55.6 cm³/mol. The Hall–Kier alpha value is -1.53. The summed E-state index contributed by atoms with van der Waals surface area (Å²) in [6, 6.07) is 8.16. The molecule has 0 saturated heterocycles. The molecule has 1 aliphatic rings. The number of hydrogen-bond donors (Lipinski definition) is 0. The molecule has 15 heavy (non-hydrogen) atoms. The van der Waals surface area contributed by atoms with E-state index in [1.807, 2.05) is 18.2 Å². The minimum absolute atomic E-state index is 0.213. The Kier molecular flexibility index (Phi) is 2.89. The lowest BCUT2D eigenvalue weighted by Crippen LogP contribution is -2.16. The molecule has 0 radical (unpaired) electrons. The number of ether oxygens (including phenoxy) is 2. The van der Waals surface area contributed by atoms with Crippen LogP contribution in [-0.2, 0) is 11.3 Å². The van der Waals surface area contributed by atoms with Gasteiger partial charge in [-0.15, -0.1) is 0 Å². The summed E-state index contributed by atoms with van der Waals surface area (Å²) in [5.41, 5.74) is 2.37. The first kappa shape index (κ1) is 10.0. The lowest BCUT2D eigenvalue weighted by molar-refractivity contribution is 0.0917. The number of rotatable bonds is 2. The molecule has 1 aromatic carbocycles. The molecule has 1 aliphatic heterocycles. The van der Waals surface area contributed by atoms with Crippen molar-refractivity contribution in [2.24, 2.45) is 0 Å². The molecule has 0 spiro atoms. The summed E-state index contributed by atoms with van der Waals surface area (Å²) in [6.07, 6.45) is 0.513. The van der Waals surface area contributed by atoms with Crippen molar-refractivity contribution in [2.75, 3.05) is 13.7 Å². The third kappa shape index (κ3) is 1.95. The van der Waals surface area contributed by atoms with Crippen LogP contribution in [-0.4, -0.2) is 13.7 Å². The van der Waals surface area contributed by atoms with E-state index in [2.05, 4.69) is 6.07 Å². The van der Waals surface area contributed by atoms with Crippen LogP contribution in [0.3, 0.4) is 0 Å². The van der Waals surface area contributed by atoms with E-state index in [0.717, 1.165) is 11.3 Å². The summed E-state index contributed by atoms with van der Waals surface area (Å²) in [4.78, 5) is 0. The zero-order valence-corrected chi connectivity index (χ0v) is 8.69. The van der Waals surface area contributed by atoms with E-state index in [9.17, 15) is 0 Å². The fourth-order valence-corrected chi connectivity index (χ4v) is 1.91. The first-order valence-electron chi connectivity index (χ1n) is 4.96. The zero-order chi connectivity index (χ0) is 10.7. The number of nitriles is 1. The Morgan fingerprint density at radius 2 is 2.47 bits per heavy atom. The highest BCUT2D eigenvalue weighted by atomic mass is 16.5. The van der Waals surface area contributed by atoms with E-state index in [1.54, 1.807) is 7.11 Å². The molecule has 3 nitrogen and oxygen atoms in total. The molecular weight excluding hydrogens is 190 g/mol. The summed E-state index contributed by atoms with van der Waals surface area (Å²) < 4.78 is 10.6. The van der Waals surface area contributed by atoms with Crippen LogP contribution in [0.25, 0.3) is 0 Å². The predicted octanol–water partition coefficient (Wildman–Crippen LogP) is 2.22. The molecule has 3 heteroatoms. The average molecular weight is 203 g/mol. The van der Waals surface area contributed by atoms with E-state index in [1.165, 1.54) is 5.56 Å². The van der Waals surface area contributed by atoms with Crippen molar-refractivity contribution in [1.29, 1.82) is 5.26 Å². The first-order chi connectivity index (χ1) is 7.35. The van der Waals surface area contributed by atoms with Crippen molar-refractivity contribution in [1.82, 2.24) is 0 Å². The number of benzene rings is 1. The van der Waals surface area contributed by atoms with Gasteiger partial charge in [0.2, 0.25) is 0 Å². The number of nitrogens with zero attached hydrogens (tertiary/aromatic N) is 1. The molecule has 0 aliphatic carbocycles. The average Bonchev–Trinajstić information content (AvgIpc) is 2.29. The highest BCUT2D eigenvalue weighted by Crippen LogP contribution is 2.31. The van der Waals surface area contributed by atoms with Gasteiger partial charge < -0.3 is 9.47 Å². The molecule has 1 atom stereocenters. The first-order valence-corrected chi connectivity index (χ1v) is 4.96. The van der Waals surface area contributed by atoms with Gasteiger partial charge in [-0.25, -0.2) is 0 Å².